The molecule has 0 atom stereocenters. The number of hydrogen-bond donors (Lipinski definition) is 1. The van der Waals surface area contributed by atoms with E-state index in [-0.39, 0.29) is 0 Å². The number of nitrogens with one attached hydrogen (secondary N) is 1. The van der Waals surface area contributed by atoms with Gasteiger partial charge in [0.15, 0.2) is 0 Å². The molecular formula is C16H16Br3NO. The largest absolute Gasteiger partial charge is 0.486 e. The minimum atomic E-state index is 0.519. The lowest BCUT2D eigenvalue weighted by atomic mass is 10.2. The van der Waals surface area contributed by atoms with Crippen LogP contribution in [-0.4, -0.2) is 6.54 Å². The summed E-state index contributed by atoms with van der Waals surface area (Å²) in [4.78, 5) is 0. The Hall–Kier alpha value is -0.360. The molecule has 0 aliphatic carbocycles. The first-order valence-corrected chi connectivity index (χ1v) is 9.04. The Bertz CT molecular complexity index is 593. The molecule has 0 saturated carbocycles. The average molecular weight is 478 g/mol. The highest BCUT2D eigenvalue weighted by Crippen LogP contribution is 2.35. The quantitative estimate of drug-likeness (QED) is 0.579. The van der Waals surface area contributed by atoms with E-state index in [0.717, 1.165) is 37.8 Å². The summed E-state index contributed by atoms with van der Waals surface area (Å²) < 4.78 is 8.92. The van der Waals surface area contributed by atoms with Gasteiger partial charge in [-0.15, -0.1) is 0 Å². The van der Waals surface area contributed by atoms with Crippen LogP contribution in [0.1, 0.15) is 18.1 Å². The fourth-order valence-corrected chi connectivity index (χ4v) is 3.80. The summed E-state index contributed by atoms with van der Waals surface area (Å²) in [6, 6.07) is 12.2. The molecule has 0 aromatic heterocycles. The smallest absolute Gasteiger partial charge is 0.148 e. The normalized spacial score (nSPS) is 10.7. The van der Waals surface area contributed by atoms with E-state index in [2.05, 4.69) is 72.2 Å². The molecule has 0 bridgehead atoms. The van der Waals surface area contributed by atoms with Crippen molar-refractivity contribution >= 4 is 47.8 Å². The first kappa shape index (κ1) is 17.0. The van der Waals surface area contributed by atoms with E-state index in [1.807, 2.05) is 24.3 Å². The maximum absolute atomic E-state index is 5.95. The molecule has 21 heavy (non-hydrogen) atoms. The number of halogens is 3. The van der Waals surface area contributed by atoms with Gasteiger partial charge in [-0.1, -0.05) is 41.1 Å². The van der Waals surface area contributed by atoms with Crippen molar-refractivity contribution in [2.24, 2.45) is 0 Å². The van der Waals surface area contributed by atoms with Gasteiger partial charge in [-0.05, 0) is 62.2 Å². The van der Waals surface area contributed by atoms with Gasteiger partial charge >= 0.3 is 0 Å². The van der Waals surface area contributed by atoms with Crippen LogP contribution in [0.5, 0.6) is 5.75 Å². The van der Waals surface area contributed by atoms with Gasteiger partial charge < -0.3 is 10.1 Å². The highest BCUT2D eigenvalue weighted by Gasteiger charge is 2.10. The summed E-state index contributed by atoms with van der Waals surface area (Å²) in [6.07, 6.45) is 0. The third-order valence-electron chi connectivity index (χ3n) is 2.97. The van der Waals surface area contributed by atoms with Crippen LogP contribution in [0, 0.1) is 0 Å². The van der Waals surface area contributed by atoms with E-state index in [0.29, 0.717) is 6.61 Å². The van der Waals surface area contributed by atoms with Crippen molar-refractivity contribution < 1.29 is 4.74 Å². The number of hydrogen-bond acceptors (Lipinski definition) is 2. The van der Waals surface area contributed by atoms with Crippen molar-refractivity contribution in [3.63, 3.8) is 0 Å². The molecular weight excluding hydrogens is 462 g/mol. The van der Waals surface area contributed by atoms with Crippen molar-refractivity contribution in [1.82, 2.24) is 5.32 Å². The molecule has 0 aliphatic heterocycles. The Labute approximate surface area is 150 Å². The van der Waals surface area contributed by atoms with E-state index in [1.165, 1.54) is 5.56 Å². The first-order valence-electron chi connectivity index (χ1n) is 6.66. The molecule has 0 spiro atoms. The van der Waals surface area contributed by atoms with Crippen molar-refractivity contribution in [2.75, 3.05) is 6.54 Å². The Morgan fingerprint density at radius 3 is 2.29 bits per heavy atom. The summed E-state index contributed by atoms with van der Waals surface area (Å²) in [5.74, 6) is 0.825. The number of ether oxygens (including phenoxy) is 1. The average Bonchev–Trinajstić information content (AvgIpc) is 2.46. The highest BCUT2D eigenvalue weighted by molar-refractivity contribution is 9.11. The van der Waals surface area contributed by atoms with E-state index in [9.17, 15) is 0 Å². The lowest BCUT2D eigenvalue weighted by Gasteiger charge is -2.13. The summed E-state index contributed by atoms with van der Waals surface area (Å²) >= 11 is 10.7. The van der Waals surface area contributed by atoms with Gasteiger partial charge in [0.1, 0.15) is 12.4 Å². The topological polar surface area (TPSA) is 21.3 Å². The predicted octanol–water partition coefficient (Wildman–Crippen LogP) is 5.66. The van der Waals surface area contributed by atoms with Crippen LogP contribution in [0.3, 0.4) is 0 Å². The van der Waals surface area contributed by atoms with Crippen LogP contribution in [0.4, 0.5) is 0 Å². The molecule has 0 saturated heterocycles. The third-order valence-corrected chi connectivity index (χ3v) is 4.92. The van der Waals surface area contributed by atoms with E-state index < -0.39 is 0 Å². The second-order valence-electron chi connectivity index (χ2n) is 4.55. The monoisotopic (exact) mass is 475 g/mol. The molecule has 1 N–H and O–H groups in total. The molecule has 0 aliphatic rings. The molecule has 112 valence electrons. The maximum Gasteiger partial charge on any atom is 0.148 e. The van der Waals surface area contributed by atoms with Gasteiger partial charge in [-0.3, -0.25) is 0 Å². The first-order chi connectivity index (χ1) is 10.1. The Kier molecular flexibility index (Phi) is 6.74. The fraction of sp³-hybridized carbons (Fsp3) is 0.250. The van der Waals surface area contributed by atoms with E-state index in [4.69, 9.17) is 4.74 Å². The Morgan fingerprint density at radius 2 is 1.67 bits per heavy atom. The second kappa shape index (κ2) is 8.32. The van der Waals surface area contributed by atoms with Crippen molar-refractivity contribution in [3.8, 4) is 5.75 Å². The standard InChI is InChI=1S/C16H16Br3NO/c1-2-20-9-11-7-14(18)16(15(19)8-11)21-10-12-5-3-4-6-13(12)17/h3-8,20H,2,9-10H2,1H3. The molecule has 0 heterocycles. The van der Waals surface area contributed by atoms with E-state index >= 15 is 0 Å². The zero-order chi connectivity index (χ0) is 15.2. The molecule has 0 fully saturated rings. The molecule has 0 amide bonds. The van der Waals surface area contributed by atoms with Crippen LogP contribution in [-0.2, 0) is 13.2 Å². The zero-order valence-electron chi connectivity index (χ0n) is 11.6. The molecule has 2 rings (SSSR count). The lowest BCUT2D eigenvalue weighted by Crippen LogP contribution is -2.11. The maximum atomic E-state index is 5.95. The lowest BCUT2D eigenvalue weighted by molar-refractivity contribution is 0.301. The second-order valence-corrected chi connectivity index (χ2v) is 7.11. The predicted molar refractivity (Wildman–Crippen MR) is 97.7 cm³/mol. The molecule has 2 aromatic rings. The third kappa shape index (κ3) is 4.81. The summed E-state index contributed by atoms with van der Waals surface area (Å²) in [6.45, 7) is 4.41. The van der Waals surface area contributed by atoms with E-state index in [1.54, 1.807) is 0 Å². The van der Waals surface area contributed by atoms with Crippen molar-refractivity contribution in [3.05, 3.63) is 60.9 Å². The van der Waals surface area contributed by atoms with Gasteiger partial charge in [0.25, 0.3) is 0 Å². The molecule has 2 nitrogen and oxygen atoms in total. The Morgan fingerprint density at radius 1 is 1.00 bits per heavy atom. The molecule has 2 aromatic carbocycles. The SMILES string of the molecule is CCNCc1cc(Br)c(OCc2ccccc2Br)c(Br)c1. The van der Waals surface area contributed by atoms with Crippen LogP contribution in [0.2, 0.25) is 0 Å². The summed E-state index contributed by atoms with van der Waals surface area (Å²) in [5, 5.41) is 3.32. The minimum absolute atomic E-state index is 0.519. The number of benzene rings is 2. The van der Waals surface area contributed by atoms with Crippen LogP contribution in [0.25, 0.3) is 0 Å². The minimum Gasteiger partial charge on any atom is -0.486 e. The van der Waals surface area contributed by atoms with Gasteiger partial charge in [0, 0.05) is 16.6 Å². The van der Waals surface area contributed by atoms with Crippen molar-refractivity contribution in [1.29, 1.82) is 0 Å². The summed E-state index contributed by atoms with van der Waals surface area (Å²) in [7, 11) is 0. The molecule has 0 radical (unpaired) electrons. The zero-order valence-corrected chi connectivity index (χ0v) is 16.4. The highest BCUT2D eigenvalue weighted by atomic mass is 79.9. The molecule has 5 heteroatoms. The van der Waals surface area contributed by atoms with Gasteiger partial charge in [-0.2, -0.15) is 0 Å². The van der Waals surface area contributed by atoms with Crippen LogP contribution < -0.4 is 10.1 Å². The van der Waals surface area contributed by atoms with Crippen LogP contribution in [0.15, 0.2) is 49.8 Å². The van der Waals surface area contributed by atoms with Gasteiger partial charge in [0.05, 0.1) is 8.95 Å². The Balaban J connectivity index is 2.12. The van der Waals surface area contributed by atoms with Gasteiger partial charge in [-0.25, -0.2) is 0 Å². The summed E-state index contributed by atoms with van der Waals surface area (Å²) in [5.41, 5.74) is 2.33. The van der Waals surface area contributed by atoms with Crippen molar-refractivity contribution in [2.45, 2.75) is 20.1 Å². The van der Waals surface area contributed by atoms with Gasteiger partial charge in [0.2, 0.25) is 0 Å². The number of rotatable bonds is 6. The fourth-order valence-electron chi connectivity index (χ4n) is 1.89. The van der Waals surface area contributed by atoms with Crippen LogP contribution >= 0.6 is 47.8 Å². The molecule has 0 unspecified atom stereocenters.